The number of aryl methyl sites for hydroxylation is 1. The lowest BCUT2D eigenvalue weighted by Gasteiger charge is -2.15. The van der Waals surface area contributed by atoms with Gasteiger partial charge in [-0.2, -0.15) is 0 Å². The second kappa shape index (κ2) is 11.4. The van der Waals surface area contributed by atoms with E-state index in [1.54, 1.807) is 55.6 Å². The predicted octanol–water partition coefficient (Wildman–Crippen LogP) is 5.43. The molecule has 0 radical (unpaired) electrons. The number of fused-ring (bicyclic) bond motifs is 1. The molecule has 2 aromatic carbocycles. The second-order valence-electron chi connectivity index (χ2n) is 8.30. The number of benzene rings is 2. The van der Waals surface area contributed by atoms with Crippen LogP contribution in [-0.2, 0) is 9.53 Å². The molecule has 0 saturated heterocycles. The number of anilines is 1. The number of esters is 1. The molecule has 0 aliphatic carbocycles. The summed E-state index contributed by atoms with van der Waals surface area (Å²) in [5.41, 5.74) is 2.18. The summed E-state index contributed by atoms with van der Waals surface area (Å²) in [4.78, 5) is 37.7. The van der Waals surface area contributed by atoms with E-state index < -0.39 is 23.6 Å². The van der Waals surface area contributed by atoms with Crippen LogP contribution in [-0.4, -0.2) is 38.8 Å². The van der Waals surface area contributed by atoms with Crippen LogP contribution < -0.4 is 25.2 Å². The molecule has 0 spiro atoms. The molecular formula is C28H27NO8S. The van der Waals surface area contributed by atoms with Crippen molar-refractivity contribution >= 4 is 39.2 Å². The topological polar surface area (TPSA) is 113 Å². The molecule has 1 N–H and O–H groups in total. The first kappa shape index (κ1) is 26.7. The van der Waals surface area contributed by atoms with Crippen LogP contribution in [0.2, 0.25) is 0 Å². The fourth-order valence-corrected chi connectivity index (χ4v) is 4.88. The van der Waals surface area contributed by atoms with Gasteiger partial charge in [-0.15, -0.1) is 11.3 Å². The van der Waals surface area contributed by atoms with Gasteiger partial charge >= 0.3 is 11.6 Å². The Balaban J connectivity index is 1.60. The summed E-state index contributed by atoms with van der Waals surface area (Å²) < 4.78 is 27.1. The van der Waals surface area contributed by atoms with Crippen molar-refractivity contribution in [1.29, 1.82) is 0 Å². The Hall–Kier alpha value is -4.31. The van der Waals surface area contributed by atoms with E-state index in [0.29, 0.717) is 39.0 Å². The molecule has 38 heavy (non-hydrogen) atoms. The summed E-state index contributed by atoms with van der Waals surface area (Å²) in [5, 5.41) is 5.66. The van der Waals surface area contributed by atoms with Gasteiger partial charge in [0.25, 0.3) is 5.91 Å². The van der Waals surface area contributed by atoms with Crippen molar-refractivity contribution in [2.24, 2.45) is 0 Å². The van der Waals surface area contributed by atoms with E-state index >= 15 is 0 Å². The van der Waals surface area contributed by atoms with Crippen LogP contribution in [0.3, 0.4) is 0 Å². The van der Waals surface area contributed by atoms with Gasteiger partial charge in [-0.05, 0) is 56.2 Å². The first-order chi connectivity index (χ1) is 18.2. The minimum absolute atomic E-state index is 0.171. The largest absolute Gasteiger partial charge is 0.493 e. The van der Waals surface area contributed by atoms with Crippen molar-refractivity contribution in [3.05, 3.63) is 69.4 Å². The molecule has 10 heteroatoms. The third-order valence-corrected chi connectivity index (χ3v) is 6.70. The summed E-state index contributed by atoms with van der Waals surface area (Å²) in [7, 11) is 3.07. The van der Waals surface area contributed by atoms with E-state index in [1.165, 1.54) is 31.6 Å². The molecule has 1 atom stereocenters. The van der Waals surface area contributed by atoms with Crippen molar-refractivity contribution in [1.82, 2.24) is 0 Å². The molecule has 0 fully saturated rings. The van der Waals surface area contributed by atoms with E-state index in [-0.39, 0.29) is 12.2 Å². The van der Waals surface area contributed by atoms with Crippen LogP contribution >= 0.6 is 11.3 Å². The molecule has 198 valence electrons. The molecule has 0 aliphatic rings. The number of amides is 1. The number of methoxy groups -OCH3 is 2. The first-order valence-electron chi connectivity index (χ1n) is 11.8. The molecule has 9 nitrogen and oxygen atoms in total. The van der Waals surface area contributed by atoms with Crippen LogP contribution in [0.1, 0.15) is 29.8 Å². The van der Waals surface area contributed by atoms with Crippen molar-refractivity contribution in [2.45, 2.75) is 26.9 Å². The number of carbonyl (C=O) groups is 2. The Bertz CT molecular complexity index is 1550. The molecule has 1 amide bonds. The lowest BCUT2D eigenvalue weighted by Crippen LogP contribution is -2.30. The lowest BCUT2D eigenvalue weighted by atomic mass is 10.0. The maximum absolute atomic E-state index is 13.1. The van der Waals surface area contributed by atoms with Gasteiger partial charge in [0.15, 0.2) is 17.6 Å². The number of thiophene rings is 1. The van der Waals surface area contributed by atoms with Crippen molar-refractivity contribution in [3.63, 3.8) is 0 Å². The Labute approximate surface area is 222 Å². The zero-order valence-corrected chi connectivity index (χ0v) is 22.4. The Kier molecular flexibility index (Phi) is 8.02. The molecule has 0 aliphatic heterocycles. The first-order valence-corrected chi connectivity index (χ1v) is 12.7. The summed E-state index contributed by atoms with van der Waals surface area (Å²) in [6.45, 7) is 5.28. The minimum Gasteiger partial charge on any atom is -0.493 e. The Morgan fingerprint density at radius 3 is 2.53 bits per heavy atom. The van der Waals surface area contributed by atoms with Crippen molar-refractivity contribution < 1.29 is 33.0 Å². The third kappa shape index (κ3) is 5.50. The van der Waals surface area contributed by atoms with E-state index in [1.807, 2.05) is 6.92 Å². The standard InChI is InChI=1S/C28H27NO8S/c1-6-35-28(32)25-20(17-7-10-21(33-4)23(12-17)34-5)14-38-27(25)29-26(31)16(3)36-18-8-9-19-15(2)11-24(30)37-22(19)13-18/h7-14,16H,6H2,1-5H3,(H,29,31). The highest BCUT2D eigenvalue weighted by Gasteiger charge is 2.25. The van der Waals surface area contributed by atoms with Crippen LogP contribution in [0.5, 0.6) is 17.2 Å². The molecule has 1 unspecified atom stereocenters. The van der Waals surface area contributed by atoms with E-state index in [9.17, 15) is 14.4 Å². The molecule has 0 bridgehead atoms. The number of hydrogen-bond acceptors (Lipinski definition) is 9. The van der Waals surface area contributed by atoms with Gasteiger partial charge in [0.05, 0.1) is 20.8 Å². The van der Waals surface area contributed by atoms with Gasteiger partial charge in [0.1, 0.15) is 21.9 Å². The van der Waals surface area contributed by atoms with E-state index in [0.717, 1.165) is 10.9 Å². The molecular weight excluding hydrogens is 510 g/mol. The average Bonchev–Trinajstić information content (AvgIpc) is 3.31. The quantitative estimate of drug-likeness (QED) is 0.222. The highest BCUT2D eigenvalue weighted by atomic mass is 32.1. The zero-order valence-electron chi connectivity index (χ0n) is 21.6. The molecule has 0 saturated carbocycles. The van der Waals surface area contributed by atoms with Crippen molar-refractivity contribution in [2.75, 3.05) is 26.1 Å². The number of hydrogen-bond donors (Lipinski definition) is 1. The minimum atomic E-state index is -0.925. The van der Waals surface area contributed by atoms with Crippen LogP contribution in [0.4, 0.5) is 5.00 Å². The molecule has 2 heterocycles. The SMILES string of the molecule is CCOC(=O)c1c(-c2ccc(OC)c(OC)c2)csc1NC(=O)C(C)Oc1ccc2c(C)cc(=O)oc2c1. The molecule has 2 aromatic heterocycles. The fourth-order valence-electron chi connectivity index (χ4n) is 3.92. The zero-order chi connectivity index (χ0) is 27.4. The van der Waals surface area contributed by atoms with Crippen LogP contribution in [0.25, 0.3) is 22.1 Å². The van der Waals surface area contributed by atoms with Gasteiger partial charge in [0.2, 0.25) is 0 Å². The fraction of sp³-hybridized carbons (Fsp3) is 0.250. The molecule has 4 rings (SSSR count). The number of rotatable bonds is 9. The Morgan fingerprint density at radius 2 is 1.82 bits per heavy atom. The van der Waals surface area contributed by atoms with E-state index in [2.05, 4.69) is 5.32 Å². The van der Waals surface area contributed by atoms with Gasteiger partial charge in [-0.25, -0.2) is 9.59 Å². The van der Waals surface area contributed by atoms with Gasteiger partial charge < -0.3 is 28.7 Å². The maximum atomic E-state index is 13.1. The number of carbonyl (C=O) groups excluding carboxylic acids is 2. The number of ether oxygens (including phenoxy) is 4. The van der Waals surface area contributed by atoms with Crippen LogP contribution in [0, 0.1) is 6.92 Å². The average molecular weight is 538 g/mol. The summed E-state index contributed by atoms with van der Waals surface area (Å²) in [6.07, 6.45) is -0.925. The lowest BCUT2D eigenvalue weighted by molar-refractivity contribution is -0.122. The summed E-state index contributed by atoms with van der Waals surface area (Å²) in [5.74, 6) is 0.368. The summed E-state index contributed by atoms with van der Waals surface area (Å²) in [6, 6.07) is 11.7. The predicted molar refractivity (Wildman–Crippen MR) is 145 cm³/mol. The highest BCUT2D eigenvalue weighted by molar-refractivity contribution is 7.15. The van der Waals surface area contributed by atoms with Gasteiger partial charge in [0, 0.05) is 28.5 Å². The van der Waals surface area contributed by atoms with Crippen LogP contribution in [0.15, 0.2) is 57.1 Å². The molecule has 4 aromatic rings. The third-order valence-electron chi connectivity index (χ3n) is 5.81. The monoisotopic (exact) mass is 537 g/mol. The van der Waals surface area contributed by atoms with Gasteiger partial charge in [-0.3, -0.25) is 4.79 Å². The second-order valence-corrected chi connectivity index (χ2v) is 9.18. The van der Waals surface area contributed by atoms with E-state index in [4.69, 9.17) is 23.4 Å². The number of nitrogens with one attached hydrogen (secondary N) is 1. The van der Waals surface area contributed by atoms with Gasteiger partial charge in [-0.1, -0.05) is 6.07 Å². The maximum Gasteiger partial charge on any atom is 0.341 e. The Morgan fingerprint density at radius 1 is 1.05 bits per heavy atom. The van der Waals surface area contributed by atoms with Crippen molar-refractivity contribution in [3.8, 4) is 28.4 Å². The highest BCUT2D eigenvalue weighted by Crippen LogP contribution is 2.39. The summed E-state index contributed by atoms with van der Waals surface area (Å²) >= 11 is 1.20. The smallest absolute Gasteiger partial charge is 0.341 e. The normalized spacial score (nSPS) is 11.6.